The van der Waals surface area contributed by atoms with E-state index in [-0.39, 0.29) is 12.5 Å². The zero-order valence-electron chi connectivity index (χ0n) is 15.2. The molecule has 138 valence electrons. The molecule has 2 N–H and O–H groups in total. The molecule has 3 heterocycles. The number of hydrogen-bond donors (Lipinski definition) is 2. The molecule has 0 aliphatic carbocycles. The van der Waals surface area contributed by atoms with E-state index in [9.17, 15) is 9.90 Å². The molecule has 8 heteroatoms. The maximum absolute atomic E-state index is 12.3. The lowest BCUT2D eigenvalue weighted by Crippen LogP contribution is -2.41. The van der Waals surface area contributed by atoms with Gasteiger partial charge in [-0.2, -0.15) is 0 Å². The van der Waals surface area contributed by atoms with Crippen molar-refractivity contribution in [3.63, 3.8) is 0 Å². The molecule has 0 radical (unpaired) electrons. The van der Waals surface area contributed by atoms with Crippen LogP contribution in [-0.2, 0) is 15.1 Å². The molecule has 26 heavy (non-hydrogen) atoms. The molecule has 0 spiro atoms. The molecule has 0 aromatic carbocycles. The number of hydrogen-bond acceptors (Lipinski definition) is 7. The summed E-state index contributed by atoms with van der Waals surface area (Å²) in [5, 5.41) is 13.0. The summed E-state index contributed by atoms with van der Waals surface area (Å²) >= 11 is 0. The number of carbonyl (C=O) groups excluding carboxylic acids is 1. The van der Waals surface area contributed by atoms with Gasteiger partial charge in [-0.1, -0.05) is 0 Å². The number of anilines is 2. The normalized spacial score (nSPS) is 14.2. The van der Waals surface area contributed by atoms with Gasteiger partial charge >= 0.3 is 0 Å². The van der Waals surface area contributed by atoms with E-state index in [1.54, 1.807) is 44.3 Å². The third-order valence-corrected chi connectivity index (χ3v) is 4.13. The fourth-order valence-corrected chi connectivity index (χ4v) is 2.71. The van der Waals surface area contributed by atoms with Crippen LogP contribution >= 0.6 is 0 Å². The molecule has 1 aliphatic rings. The minimum Gasteiger partial charge on any atom is -0.385 e. The molecule has 0 atom stereocenters. The molecule has 2 aromatic heterocycles. The van der Waals surface area contributed by atoms with Gasteiger partial charge < -0.3 is 15.2 Å². The van der Waals surface area contributed by atoms with Gasteiger partial charge in [-0.15, -0.1) is 0 Å². The number of fused-ring (bicyclic) bond motifs is 1. The largest absolute Gasteiger partial charge is 0.385 e. The van der Waals surface area contributed by atoms with E-state index < -0.39 is 5.60 Å². The van der Waals surface area contributed by atoms with E-state index in [4.69, 9.17) is 4.74 Å². The third kappa shape index (κ3) is 3.81. The molecule has 8 nitrogen and oxygen atoms in total. The van der Waals surface area contributed by atoms with Gasteiger partial charge in [0.25, 0.3) is 0 Å². The number of rotatable bonds is 6. The van der Waals surface area contributed by atoms with E-state index in [1.165, 1.54) is 0 Å². The molecular formula is C18H23N5O3. The van der Waals surface area contributed by atoms with Crippen molar-refractivity contribution in [3.8, 4) is 11.3 Å². The summed E-state index contributed by atoms with van der Waals surface area (Å²) in [7, 11) is 1.63. The summed E-state index contributed by atoms with van der Waals surface area (Å²) in [6, 6.07) is 3.60. The van der Waals surface area contributed by atoms with Crippen molar-refractivity contribution < 1.29 is 14.6 Å². The van der Waals surface area contributed by atoms with Gasteiger partial charge in [0, 0.05) is 32.0 Å². The van der Waals surface area contributed by atoms with Crippen molar-refractivity contribution in [1.82, 2.24) is 15.0 Å². The van der Waals surface area contributed by atoms with Crippen LogP contribution in [0.5, 0.6) is 0 Å². The van der Waals surface area contributed by atoms with Gasteiger partial charge in [-0.05, 0) is 32.4 Å². The first kappa shape index (κ1) is 18.2. The summed E-state index contributed by atoms with van der Waals surface area (Å²) in [4.78, 5) is 27.2. The molecule has 1 amide bonds. The Labute approximate surface area is 152 Å². The molecule has 2 aromatic rings. The smallest absolute Gasteiger partial charge is 0.247 e. The zero-order valence-corrected chi connectivity index (χ0v) is 15.2. The van der Waals surface area contributed by atoms with Crippen molar-refractivity contribution in [1.29, 1.82) is 0 Å². The standard InChI is InChI=1S/C18H23N5O3/c1-18(2,25)14-6-5-12(9-19-14)13-10-20-16-17(22-13)23(7-4-8-26-3)15(24)11-21-16/h5-6,9-10,25H,4,7-8,11H2,1-3H3,(H,20,21). The van der Waals surface area contributed by atoms with Gasteiger partial charge in [-0.3, -0.25) is 14.7 Å². The van der Waals surface area contributed by atoms with Gasteiger partial charge in [0.1, 0.15) is 5.60 Å². The van der Waals surface area contributed by atoms with Crippen LogP contribution in [0.4, 0.5) is 11.6 Å². The van der Waals surface area contributed by atoms with Crippen molar-refractivity contribution in [2.75, 3.05) is 37.0 Å². The minimum atomic E-state index is -1.01. The van der Waals surface area contributed by atoms with E-state index in [0.717, 1.165) is 12.0 Å². The molecule has 0 saturated carbocycles. The van der Waals surface area contributed by atoms with Crippen LogP contribution in [0.3, 0.4) is 0 Å². The van der Waals surface area contributed by atoms with Crippen molar-refractivity contribution in [2.45, 2.75) is 25.9 Å². The predicted octanol–water partition coefficient (Wildman–Crippen LogP) is 1.56. The summed E-state index contributed by atoms with van der Waals surface area (Å²) in [5.41, 5.74) is 0.953. The Balaban J connectivity index is 1.90. The zero-order chi connectivity index (χ0) is 18.7. The maximum Gasteiger partial charge on any atom is 0.247 e. The highest BCUT2D eigenvalue weighted by Crippen LogP contribution is 2.29. The topological polar surface area (TPSA) is 100 Å². The lowest BCUT2D eigenvalue weighted by atomic mass is 10.0. The van der Waals surface area contributed by atoms with Crippen molar-refractivity contribution >= 4 is 17.5 Å². The summed E-state index contributed by atoms with van der Waals surface area (Å²) in [6.07, 6.45) is 4.02. The SMILES string of the molecule is COCCCN1C(=O)CNc2ncc(-c3ccc(C(C)(C)O)nc3)nc21. The minimum absolute atomic E-state index is 0.0458. The highest BCUT2D eigenvalue weighted by atomic mass is 16.5. The summed E-state index contributed by atoms with van der Waals surface area (Å²) in [6.45, 7) is 4.67. The number of ether oxygens (including phenoxy) is 1. The highest BCUT2D eigenvalue weighted by molar-refractivity contribution is 6.00. The first-order valence-electron chi connectivity index (χ1n) is 8.49. The predicted molar refractivity (Wildman–Crippen MR) is 97.8 cm³/mol. The monoisotopic (exact) mass is 357 g/mol. The van der Waals surface area contributed by atoms with Crippen LogP contribution in [0.25, 0.3) is 11.3 Å². The number of pyridine rings is 1. The highest BCUT2D eigenvalue weighted by Gasteiger charge is 2.26. The number of amides is 1. The molecule has 0 bridgehead atoms. The second-order valence-corrected chi connectivity index (χ2v) is 6.66. The summed E-state index contributed by atoms with van der Waals surface area (Å²) < 4.78 is 5.07. The fourth-order valence-electron chi connectivity index (χ4n) is 2.71. The molecule has 0 saturated heterocycles. The Kier molecular flexibility index (Phi) is 5.15. The average molecular weight is 357 g/mol. The van der Waals surface area contributed by atoms with E-state index in [0.29, 0.717) is 36.2 Å². The molecule has 1 aliphatic heterocycles. The first-order chi connectivity index (χ1) is 12.4. The lowest BCUT2D eigenvalue weighted by Gasteiger charge is -2.28. The van der Waals surface area contributed by atoms with Crippen LogP contribution in [-0.4, -0.2) is 52.8 Å². The Hall–Kier alpha value is -2.58. The molecule has 3 rings (SSSR count). The first-order valence-corrected chi connectivity index (χ1v) is 8.49. The van der Waals surface area contributed by atoms with Crippen molar-refractivity contribution in [2.24, 2.45) is 0 Å². The maximum atomic E-state index is 12.3. The van der Waals surface area contributed by atoms with Gasteiger partial charge in [-0.25, -0.2) is 9.97 Å². The lowest BCUT2D eigenvalue weighted by molar-refractivity contribution is -0.117. The van der Waals surface area contributed by atoms with E-state index in [2.05, 4.69) is 20.3 Å². The van der Waals surface area contributed by atoms with Gasteiger partial charge in [0.05, 0.1) is 24.1 Å². The van der Waals surface area contributed by atoms with Crippen LogP contribution in [0.15, 0.2) is 24.5 Å². The molecule has 0 unspecified atom stereocenters. The number of aromatic nitrogens is 3. The number of nitrogens with one attached hydrogen (secondary N) is 1. The fraction of sp³-hybridized carbons (Fsp3) is 0.444. The third-order valence-electron chi connectivity index (χ3n) is 4.13. The Morgan fingerprint density at radius 3 is 2.77 bits per heavy atom. The van der Waals surface area contributed by atoms with E-state index >= 15 is 0 Å². The van der Waals surface area contributed by atoms with Crippen LogP contribution < -0.4 is 10.2 Å². The van der Waals surface area contributed by atoms with Gasteiger partial charge in [0.15, 0.2) is 11.6 Å². The Morgan fingerprint density at radius 2 is 2.12 bits per heavy atom. The molecular weight excluding hydrogens is 334 g/mol. The van der Waals surface area contributed by atoms with E-state index in [1.807, 2.05) is 6.07 Å². The van der Waals surface area contributed by atoms with Gasteiger partial charge in [0.2, 0.25) is 5.91 Å². The number of nitrogens with zero attached hydrogens (tertiary/aromatic N) is 4. The Morgan fingerprint density at radius 1 is 1.31 bits per heavy atom. The van der Waals surface area contributed by atoms with Crippen LogP contribution in [0.1, 0.15) is 26.0 Å². The number of carbonyl (C=O) groups is 1. The summed E-state index contributed by atoms with van der Waals surface area (Å²) in [5.74, 6) is 1.06. The molecule has 0 fully saturated rings. The van der Waals surface area contributed by atoms with Crippen LogP contribution in [0.2, 0.25) is 0 Å². The average Bonchev–Trinajstić information content (AvgIpc) is 2.62. The number of methoxy groups -OCH3 is 1. The van der Waals surface area contributed by atoms with Crippen molar-refractivity contribution in [3.05, 3.63) is 30.2 Å². The Bertz CT molecular complexity index is 786. The second-order valence-electron chi connectivity index (χ2n) is 6.66. The number of aliphatic hydroxyl groups is 1. The second kappa shape index (κ2) is 7.35. The van der Waals surface area contributed by atoms with Crippen LogP contribution in [0, 0.1) is 0 Å². The quantitative estimate of drug-likeness (QED) is 0.757.